The first-order valence-corrected chi connectivity index (χ1v) is 8.58. The number of halogens is 1. The molecule has 0 spiro atoms. The van der Waals surface area contributed by atoms with Crippen molar-refractivity contribution in [1.29, 1.82) is 0 Å². The molecule has 1 aromatic heterocycles. The highest BCUT2D eigenvalue weighted by molar-refractivity contribution is 7.10. The molecule has 1 atom stereocenters. The van der Waals surface area contributed by atoms with Crippen LogP contribution in [0.5, 0.6) is 5.75 Å². The number of thiophene rings is 1. The molecule has 0 aliphatic rings. The van der Waals surface area contributed by atoms with E-state index in [0.717, 1.165) is 5.56 Å². The summed E-state index contributed by atoms with van der Waals surface area (Å²) in [6.45, 7) is 2.44. The van der Waals surface area contributed by atoms with Crippen LogP contribution in [0, 0.1) is 6.92 Å². The van der Waals surface area contributed by atoms with Gasteiger partial charge in [-0.05, 0) is 50.2 Å². The minimum atomic E-state index is -0.161. The lowest BCUT2D eigenvalue weighted by atomic mass is 10.2. The van der Waals surface area contributed by atoms with Gasteiger partial charge in [-0.25, -0.2) is 0 Å². The molecule has 6 heteroatoms. The summed E-state index contributed by atoms with van der Waals surface area (Å²) in [7, 11) is 4.00. The Kier molecular flexibility index (Phi) is 6.45. The van der Waals surface area contributed by atoms with Crippen LogP contribution in [-0.4, -0.2) is 38.1 Å². The number of ether oxygens (including phenoxy) is 1. The van der Waals surface area contributed by atoms with Gasteiger partial charge in [0.2, 0.25) is 0 Å². The molecule has 0 radical (unpaired) electrons. The molecule has 2 aromatic rings. The molecule has 0 saturated carbocycles. The maximum atomic E-state index is 12.0. The number of aryl methyl sites for hydroxylation is 1. The Morgan fingerprint density at radius 1 is 1.39 bits per heavy atom. The summed E-state index contributed by atoms with van der Waals surface area (Å²) in [5.74, 6) is 0.371. The number of carbonyl (C=O) groups excluding carboxylic acids is 1. The minimum absolute atomic E-state index is 0.0479. The highest BCUT2D eigenvalue weighted by Crippen LogP contribution is 2.25. The highest BCUT2D eigenvalue weighted by atomic mass is 35.5. The number of amides is 1. The maximum absolute atomic E-state index is 12.0. The lowest BCUT2D eigenvalue weighted by Gasteiger charge is -2.23. The third-order valence-electron chi connectivity index (χ3n) is 3.43. The van der Waals surface area contributed by atoms with Gasteiger partial charge in [-0.2, -0.15) is 0 Å². The van der Waals surface area contributed by atoms with E-state index in [4.69, 9.17) is 16.3 Å². The first kappa shape index (κ1) is 17.8. The van der Waals surface area contributed by atoms with Crippen LogP contribution in [0.25, 0.3) is 0 Å². The molecule has 0 saturated heterocycles. The van der Waals surface area contributed by atoms with Crippen molar-refractivity contribution >= 4 is 28.8 Å². The van der Waals surface area contributed by atoms with Crippen LogP contribution in [-0.2, 0) is 4.79 Å². The average Bonchev–Trinajstić information content (AvgIpc) is 3.02. The molecule has 1 unspecified atom stereocenters. The molecular weight excluding hydrogens is 332 g/mol. The average molecular weight is 353 g/mol. The molecule has 1 aromatic carbocycles. The zero-order valence-corrected chi connectivity index (χ0v) is 15.1. The molecule has 124 valence electrons. The first-order valence-electron chi connectivity index (χ1n) is 7.33. The largest absolute Gasteiger partial charge is 0.482 e. The van der Waals surface area contributed by atoms with Crippen LogP contribution in [0.1, 0.15) is 16.5 Å². The van der Waals surface area contributed by atoms with E-state index in [1.54, 1.807) is 17.4 Å². The van der Waals surface area contributed by atoms with Crippen molar-refractivity contribution in [2.45, 2.75) is 13.0 Å². The molecule has 1 N–H and O–H groups in total. The quantitative estimate of drug-likeness (QED) is 0.829. The van der Waals surface area contributed by atoms with Crippen molar-refractivity contribution < 1.29 is 9.53 Å². The van der Waals surface area contributed by atoms with Crippen molar-refractivity contribution in [1.82, 2.24) is 10.2 Å². The van der Waals surface area contributed by atoms with E-state index in [2.05, 4.69) is 16.3 Å². The fraction of sp³-hybridized carbons (Fsp3) is 0.353. The number of benzene rings is 1. The predicted molar refractivity (Wildman–Crippen MR) is 95.4 cm³/mol. The molecule has 0 fully saturated rings. The Morgan fingerprint density at radius 3 is 2.83 bits per heavy atom. The maximum Gasteiger partial charge on any atom is 0.258 e. The third kappa shape index (κ3) is 5.23. The van der Waals surface area contributed by atoms with Crippen molar-refractivity contribution in [3.8, 4) is 5.75 Å². The van der Waals surface area contributed by atoms with Crippen LogP contribution < -0.4 is 10.1 Å². The standard InChI is InChI=1S/C17H21ClN2O2S/c1-12-6-7-13(18)15(9-12)22-11-17(21)19-10-14(20(2)3)16-5-4-8-23-16/h4-9,14H,10-11H2,1-3H3,(H,19,21). The van der Waals surface area contributed by atoms with Gasteiger partial charge >= 0.3 is 0 Å². The summed E-state index contributed by atoms with van der Waals surface area (Å²) in [5, 5.41) is 5.46. The van der Waals surface area contributed by atoms with Gasteiger partial charge in [0.1, 0.15) is 5.75 Å². The summed E-state index contributed by atoms with van der Waals surface area (Å²) < 4.78 is 5.51. The second kappa shape index (κ2) is 8.34. The van der Waals surface area contributed by atoms with Crippen LogP contribution in [0.2, 0.25) is 5.02 Å². The molecule has 1 amide bonds. The van der Waals surface area contributed by atoms with E-state index in [0.29, 0.717) is 17.3 Å². The summed E-state index contributed by atoms with van der Waals surface area (Å²) in [6.07, 6.45) is 0. The fourth-order valence-electron chi connectivity index (χ4n) is 2.14. The van der Waals surface area contributed by atoms with E-state index in [1.165, 1.54) is 4.88 Å². The Hall–Kier alpha value is -1.56. The molecule has 2 rings (SSSR count). The van der Waals surface area contributed by atoms with E-state index in [-0.39, 0.29) is 18.6 Å². The van der Waals surface area contributed by atoms with Gasteiger partial charge in [-0.15, -0.1) is 11.3 Å². The summed E-state index contributed by atoms with van der Waals surface area (Å²) >= 11 is 7.74. The van der Waals surface area contributed by atoms with Crippen LogP contribution in [0.3, 0.4) is 0 Å². The van der Waals surface area contributed by atoms with Gasteiger partial charge in [-0.3, -0.25) is 4.79 Å². The normalized spacial score (nSPS) is 12.2. The number of hydrogen-bond donors (Lipinski definition) is 1. The highest BCUT2D eigenvalue weighted by Gasteiger charge is 2.16. The van der Waals surface area contributed by atoms with E-state index >= 15 is 0 Å². The number of nitrogens with zero attached hydrogens (tertiary/aromatic N) is 1. The molecule has 4 nitrogen and oxygen atoms in total. The van der Waals surface area contributed by atoms with Crippen molar-refractivity contribution in [3.63, 3.8) is 0 Å². The molecule has 0 aliphatic heterocycles. The monoisotopic (exact) mass is 352 g/mol. The van der Waals surface area contributed by atoms with E-state index in [1.807, 2.05) is 44.6 Å². The van der Waals surface area contributed by atoms with Crippen LogP contribution in [0.15, 0.2) is 35.7 Å². The molecule has 23 heavy (non-hydrogen) atoms. The second-order valence-corrected chi connectivity index (χ2v) is 6.91. The number of hydrogen-bond acceptors (Lipinski definition) is 4. The molecule has 1 heterocycles. The van der Waals surface area contributed by atoms with Gasteiger partial charge in [0, 0.05) is 11.4 Å². The van der Waals surface area contributed by atoms with Crippen LogP contribution in [0.4, 0.5) is 0 Å². The van der Waals surface area contributed by atoms with Gasteiger partial charge in [0.05, 0.1) is 11.1 Å². The predicted octanol–water partition coefficient (Wildman–Crippen LogP) is 3.51. The van der Waals surface area contributed by atoms with Crippen molar-refractivity contribution in [3.05, 3.63) is 51.2 Å². The molecule has 0 bridgehead atoms. The van der Waals surface area contributed by atoms with Gasteiger partial charge in [0.25, 0.3) is 5.91 Å². The Labute approximate surface area is 146 Å². The van der Waals surface area contributed by atoms with Gasteiger partial charge < -0.3 is 15.0 Å². The van der Waals surface area contributed by atoms with E-state index in [9.17, 15) is 4.79 Å². The third-order valence-corrected chi connectivity index (χ3v) is 4.72. The Bertz CT molecular complexity index is 644. The number of rotatable bonds is 7. The summed E-state index contributed by atoms with van der Waals surface area (Å²) in [6, 6.07) is 9.73. The van der Waals surface area contributed by atoms with Crippen LogP contribution >= 0.6 is 22.9 Å². The van der Waals surface area contributed by atoms with Crippen molar-refractivity contribution in [2.24, 2.45) is 0 Å². The van der Waals surface area contributed by atoms with E-state index < -0.39 is 0 Å². The topological polar surface area (TPSA) is 41.6 Å². The number of nitrogens with one attached hydrogen (secondary N) is 1. The summed E-state index contributed by atoms with van der Waals surface area (Å²) in [4.78, 5) is 15.3. The van der Waals surface area contributed by atoms with Gasteiger partial charge in [-0.1, -0.05) is 23.7 Å². The smallest absolute Gasteiger partial charge is 0.258 e. The SMILES string of the molecule is Cc1ccc(Cl)c(OCC(=O)NCC(c2cccs2)N(C)C)c1. The lowest BCUT2D eigenvalue weighted by molar-refractivity contribution is -0.123. The molecular formula is C17H21ClN2O2S. The summed E-state index contributed by atoms with van der Waals surface area (Å²) in [5.41, 5.74) is 1.04. The minimum Gasteiger partial charge on any atom is -0.482 e. The fourth-order valence-corrected chi connectivity index (χ4v) is 3.24. The molecule has 0 aliphatic carbocycles. The zero-order chi connectivity index (χ0) is 16.8. The zero-order valence-electron chi connectivity index (χ0n) is 13.5. The first-order chi connectivity index (χ1) is 11.0. The number of likely N-dealkylation sites (N-methyl/N-ethyl adjacent to an activating group) is 1. The number of carbonyl (C=O) groups is 1. The second-order valence-electron chi connectivity index (χ2n) is 5.52. The van der Waals surface area contributed by atoms with Crippen molar-refractivity contribution in [2.75, 3.05) is 27.2 Å². The Morgan fingerprint density at radius 2 is 2.17 bits per heavy atom. The Balaban J connectivity index is 1.86. The lowest BCUT2D eigenvalue weighted by Crippen LogP contribution is -2.36. The van der Waals surface area contributed by atoms with Gasteiger partial charge in [0.15, 0.2) is 6.61 Å².